The van der Waals surface area contributed by atoms with E-state index in [2.05, 4.69) is 72.9 Å². The third-order valence-electron chi connectivity index (χ3n) is 7.92. The van der Waals surface area contributed by atoms with E-state index in [1.165, 1.54) is 4.90 Å². The highest BCUT2D eigenvalue weighted by Crippen LogP contribution is 2.37. The lowest BCUT2D eigenvalue weighted by molar-refractivity contribution is -0.145. The highest BCUT2D eigenvalue weighted by molar-refractivity contribution is 14.1. The fourth-order valence-electron chi connectivity index (χ4n) is 5.48. The van der Waals surface area contributed by atoms with E-state index in [-0.39, 0.29) is 38.3 Å². The zero-order valence-electron chi connectivity index (χ0n) is 29.5. The number of carboxylic acid groups (broad SMARTS) is 5. The van der Waals surface area contributed by atoms with Gasteiger partial charge in [0.1, 0.15) is 17.5 Å². The summed E-state index contributed by atoms with van der Waals surface area (Å²) in [4.78, 5) is 67.8. The van der Waals surface area contributed by atoms with Crippen LogP contribution in [0, 0.1) is 14.3 Å². The number of aliphatic imine (C=N–C) groups is 1. The average molecular weight is 1260 g/mol. The van der Waals surface area contributed by atoms with Gasteiger partial charge in [0.05, 0.1) is 57.5 Å². The van der Waals surface area contributed by atoms with Crippen LogP contribution in [-0.2, 0) is 36.9 Å². The van der Waals surface area contributed by atoms with E-state index in [1.807, 2.05) is 45.2 Å². The van der Waals surface area contributed by atoms with Crippen molar-refractivity contribution < 1.29 is 59.3 Å². The highest BCUT2D eigenvalue weighted by atomic mass is 127. The first-order valence-electron chi connectivity index (χ1n) is 16.4. The molecule has 0 saturated carbocycles. The number of phenols is 1. The molecule has 0 aliphatic rings. The molecule has 7 N–H and O–H groups in total. The van der Waals surface area contributed by atoms with Gasteiger partial charge in [0.25, 0.3) is 0 Å². The molecule has 0 saturated heterocycles. The Morgan fingerprint density at radius 1 is 0.737 bits per heavy atom. The van der Waals surface area contributed by atoms with E-state index in [0.29, 0.717) is 42.6 Å². The normalized spacial score (nSPS) is 12.3. The Bertz CT molecular complexity index is 1930. The van der Waals surface area contributed by atoms with Gasteiger partial charge in [-0.25, -0.2) is 0 Å². The van der Waals surface area contributed by atoms with E-state index in [4.69, 9.17) is 4.74 Å². The van der Waals surface area contributed by atoms with Crippen molar-refractivity contribution in [1.82, 2.24) is 20.0 Å². The lowest BCUT2D eigenvalue weighted by Gasteiger charge is -2.37. The van der Waals surface area contributed by atoms with Gasteiger partial charge in [0.2, 0.25) is 0 Å². The second-order valence-corrected chi connectivity index (χ2v) is 17.1. The van der Waals surface area contributed by atoms with Crippen LogP contribution in [0.25, 0.3) is 0 Å². The molecule has 22 heteroatoms. The summed E-state index contributed by atoms with van der Waals surface area (Å²) >= 11 is 12.8. The number of benzene rings is 3. The molecular formula is C35H35I4N5O12S. The molecule has 0 amide bonds. The van der Waals surface area contributed by atoms with Crippen molar-refractivity contribution in [1.29, 1.82) is 0 Å². The largest absolute Gasteiger partial charge is 0.506 e. The van der Waals surface area contributed by atoms with Gasteiger partial charge in [-0.2, -0.15) is 4.99 Å². The van der Waals surface area contributed by atoms with E-state index >= 15 is 0 Å². The van der Waals surface area contributed by atoms with Crippen LogP contribution in [0.15, 0.2) is 53.5 Å². The molecule has 3 aromatic rings. The molecule has 0 bridgehead atoms. The molecule has 1 unspecified atom stereocenters. The maximum absolute atomic E-state index is 12.8. The zero-order valence-corrected chi connectivity index (χ0v) is 38.9. The van der Waals surface area contributed by atoms with Gasteiger partial charge >= 0.3 is 29.8 Å². The van der Waals surface area contributed by atoms with Crippen LogP contribution in [0.4, 0.5) is 5.69 Å². The molecule has 17 nitrogen and oxygen atoms in total. The fraction of sp³-hybridized carbons (Fsp3) is 0.314. The summed E-state index contributed by atoms with van der Waals surface area (Å²) in [7, 11) is 0. The summed E-state index contributed by atoms with van der Waals surface area (Å²) in [6.45, 7) is -2.86. The number of ether oxygens (including phenoxy) is 1. The molecule has 0 radical (unpaired) electrons. The molecule has 0 aliphatic carbocycles. The zero-order chi connectivity index (χ0) is 42.4. The maximum Gasteiger partial charge on any atom is 0.321 e. The number of aromatic hydroxyl groups is 1. The predicted molar refractivity (Wildman–Crippen MR) is 243 cm³/mol. The minimum Gasteiger partial charge on any atom is -0.506 e. The Kier molecular flexibility index (Phi) is 20.2. The predicted octanol–water partition coefficient (Wildman–Crippen LogP) is 4.69. The number of phenolic OH excluding ortho intramolecular Hbond substituents is 1. The van der Waals surface area contributed by atoms with E-state index in [9.17, 15) is 54.6 Å². The number of nitrogens with zero attached hydrogens (tertiary/aromatic N) is 4. The van der Waals surface area contributed by atoms with Crippen molar-refractivity contribution in [3.05, 3.63) is 73.9 Å². The van der Waals surface area contributed by atoms with Crippen LogP contribution in [0.5, 0.6) is 17.2 Å². The van der Waals surface area contributed by atoms with Gasteiger partial charge in [-0.3, -0.25) is 44.0 Å². The molecule has 0 spiro atoms. The number of aliphatic carboxylic acids is 5. The Morgan fingerprint density at radius 3 is 1.72 bits per heavy atom. The van der Waals surface area contributed by atoms with Crippen molar-refractivity contribution in [3.8, 4) is 17.2 Å². The maximum atomic E-state index is 12.8. The molecule has 0 aliphatic heterocycles. The summed E-state index contributed by atoms with van der Waals surface area (Å²) in [5.74, 6) is -5.46. The van der Waals surface area contributed by atoms with Crippen molar-refractivity contribution >= 4 is 143 Å². The number of thiocarbonyl (C=S) groups is 1. The highest BCUT2D eigenvalue weighted by Gasteiger charge is 2.31. The monoisotopic (exact) mass is 1260 g/mol. The van der Waals surface area contributed by atoms with Crippen LogP contribution >= 0.6 is 103 Å². The lowest BCUT2D eigenvalue weighted by Crippen LogP contribution is -2.59. The van der Waals surface area contributed by atoms with Crippen molar-refractivity contribution in [2.75, 3.05) is 45.8 Å². The first-order chi connectivity index (χ1) is 26.8. The Morgan fingerprint density at radius 2 is 1.25 bits per heavy atom. The summed E-state index contributed by atoms with van der Waals surface area (Å²) in [5.41, 5.74) is 1.78. The SMILES string of the molecule is O=C(O)CN(CCN(Cc1ccc(N=C=S)cc1)CC(N[C@@H](Cc1cc(I)c(Oc2cc(I)c(O)c(I)c2)c(I)c1)C(=O)O)N(CC(=O)O)CC(=O)O)CC(=O)O. The Labute approximate surface area is 386 Å². The smallest absolute Gasteiger partial charge is 0.321 e. The molecule has 306 valence electrons. The van der Waals surface area contributed by atoms with Gasteiger partial charge in [-0.05, 0) is 157 Å². The van der Waals surface area contributed by atoms with Crippen molar-refractivity contribution in [2.45, 2.75) is 25.2 Å². The Hall–Kier alpha value is -2.83. The third kappa shape index (κ3) is 16.7. The lowest BCUT2D eigenvalue weighted by atomic mass is 10.1. The molecule has 3 rings (SSSR count). The standard InChI is InChI=1S/C35H35I4N5O12S/c36-23-10-22(11-24(37)33(23)53)56-34-25(38)7-20(8-26(34)39)9-27(35(54)55)41-28(44(16-31(49)50)17-32(51)52)13-42(5-6-43(14-29(45)46)15-30(47)48)12-19-1-3-21(4-2-19)40-18-57/h1-4,7-8,10-11,27-28,41,53H,5-6,9,12-17H2,(H,45,46)(H,47,48)(H,49,50)(H,51,52)(H,54,55)/t27-,28?/m0/s1. The molecule has 0 fully saturated rings. The number of nitrogens with one attached hydrogen (secondary N) is 1. The van der Waals surface area contributed by atoms with Gasteiger partial charge in [-0.1, -0.05) is 12.1 Å². The summed E-state index contributed by atoms with van der Waals surface area (Å²) < 4.78 is 8.63. The van der Waals surface area contributed by atoms with E-state index in [1.54, 1.807) is 53.4 Å². The fourth-order valence-corrected chi connectivity index (χ4v) is 9.41. The van der Waals surface area contributed by atoms with Gasteiger partial charge in [-0.15, -0.1) is 0 Å². The van der Waals surface area contributed by atoms with Crippen LogP contribution in [0.3, 0.4) is 0 Å². The van der Waals surface area contributed by atoms with Crippen LogP contribution < -0.4 is 10.1 Å². The molecule has 2 atom stereocenters. The molecule has 0 aromatic heterocycles. The van der Waals surface area contributed by atoms with Gasteiger partial charge < -0.3 is 35.4 Å². The molecule has 0 heterocycles. The van der Waals surface area contributed by atoms with Crippen LogP contribution in [0.1, 0.15) is 11.1 Å². The number of carboxylic acids is 5. The van der Waals surface area contributed by atoms with Crippen LogP contribution in [-0.4, -0.2) is 138 Å². The Balaban J connectivity index is 2.01. The number of rotatable bonds is 24. The molecule has 3 aromatic carbocycles. The number of hydrogen-bond acceptors (Lipinski definition) is 13. The number of carbonyl (C=O) groups is 5. The first kappa shape index (κ1) is 48.5. The van der Waals surface area contributed by atoms with E-state index < -0.39 is 68.2 Å². The number of isothiocyanates is 1. The summed E-state index contributed by atoms with van der Waals surface area (Å²) in [6.07, 6.45) is -1.34. The average Bonchev–Trinajstić information content (AvgIpc) is 3.10. The van der Waals surface area contributed by atoms with E-state index in [0.717, 1.165) is 4.90 Å². The molecule has 57 heavy (non-hydrogen) atoms. The summed E-state index contributed by atoms with van der Waals surface area (Å²) in [6, 6.07) is 12.2. The van der Waals surface area contributed by atoms with Gasteiger partial charge in [0.15, 0.2) is 5.75 Å². The minimum atomic E-state index is -1.37. The molecular weight excluding hydrogens is 1220 g/mol. The quantitative estimate of drug-likeness (QED) is 0.0278. The topological polar surface area (TPSA) is 250 Å². The first-order valence-corrected chi connectivity index (χ1v) is 21.1. The van der Waals surface area contributed by atoms with Crippen LogP contribution in [0.2, 0.25) is 0 Å². The second kappa shape index (κ2) is 23.7. The second-order valence-electron chi connectivity index (χ2n) is 12.3. The summed E-state index contributed by atoms with van der Waals surface area (Å²) in [5, 5.41) is 64.2. The third-order valence-corrected chi connectivity index (χ3v) is 11.3. The number of hydrogen-bond donors (Lipinski definition) is 7. The minimum absolute atomic E-state index is 0.0152. The number of halogens is 4. The van der Waals surface area contributed by atoms with Crippen molar-refractivity contribution in [2.24, 2.45) is 4.99 Å². The van der Waals surface area contributed by atoms with Crippen molar-refractivity contribution in [3.63, 3.8) is 0 Å². The van der Waals surface area contributed by atoms with Gasteiger partial charge in [0, 0.05) is 26.2 Å².